The van der Waals surface area contributed by atoms with Crippen molar-refractivity contribution in [3.63, 3.8) is 0 Å². The maximum Gasteiger partial charge on any atom is 0.151 e. The molecule has 170 valence electrons. The molecule has 0 spiro atoms. The third-order valence-electron chi connectivity index (χ3n) is 5.81. The smallest absolute Gasteiger partial charge is 0.151 e. The number of aromatic nitrogens is 4. The van der Waals surface area contributed by atoms with E-state index < -0.39 is 0 Å². The lowest BCUT2D eigenvalue weighted by atomic mass is 9.99. The Kier molecular flexibility index (Phi) is 7.47. The first-order chi connectivity index (χ1) is 16.2. The second-order valence-corrected chi connectivity index (χ2v) is 8.31. The quantitative estimate of drug-likeness (QED) is 0.356. The van der Waals surface area contributed by atoms with E-state index in [0.29, 0.717) is 12.2 Å². The molecule has 0 aliphatic rings. The van der Waals surface area contributed by atoms with Gasteiger partial charge in [0.05, 0.1) is 11.2 Å². The lowest BCUT2D eigenvalue weighted by Gasteiger charge is -2.09. The first kappa shape index (κ1) is 22.7. The molecule has 0 aliphatic heterocycles. The van der Waals surface area contributed by atoms with Gasteiger partial charge in [-0.15, -0.1) is 0 Å². The molecular weight excluding hydrogens is 410 g/mol. The summed E-state index contributed by atoms with van der Waals surface area (Å²) in [6.07, 6.45) is 13.4. The molecule has 1 aromatic carbocycles. The Morgan fingerprint density at radius 1 is 1.06 bits per heavy atom. The molecule has 0 aliphatic carbocycles. The van der Waals surface area contributed by atoms with Crippen molar-refractivity contribution < 1.29 is 5.11 Å². The molecule has 0 atom stereocenters. The minimum Gasteiger partial charge on any atom is -0.396 e. The van der Waals surface area contributed by atoms with E-state index in [1.165, 1.54) is 11.1 Å². The van der Waals surface area contributed by atoms with E-state index in [-0.39, 0.29) is 6.61 Å². The van der Waals surface area contributed by atoms with Gasteiger partial charge in [0.25, 0.3) is 0 Å². The van der Waals surface area contributed by atoms with Crippen molar-refractivity contribution in [2.45, 2.75) is 45.4 Å². The van der Waals surface area contributed by atoms with Gasteiger partial charge >= 0.3 is 0 Å². The number of nitrogen functional groups attached to an aromatic ring is 1. The molecule has 4 aromatic rings. The minimum atomic E-state index is 0.184. The summed E-state index contributed by atoms with van der Waals surface area (Å²) in [4.78, 5) is 13.2. The average molecular weight is 442 g/mol. The minimum absolute atomic E-state index is 0.184. The third kappa shape index (κ3) is 5.65. The molecular formula is C27H31N5O. The number of benzene rings is 1. The second-order valence-electron chi connectivity index (χ2n) is 8.31. The number of allylic oxidation sites excluding steroid dienone is 1. The topological polar surface area (TPSA) is 89.9 Å². The number of anilines is 1. The number of nitrogens with zero attached hydrogens (tertiary/aromatic N) is 4. The van der Waals surface area contributed by atoms with Gasteiger partial charge < -0.3 is 10.8 Å². The Labute approximate surface area is 194 Å². The summed E-state index contributed by atoms with van der Waals surface area (Å²) in [6, 6.07) is 14.5. The Hall–Kier alpha value is -3.51. The molecule has 0 bridgehead atoms. The molecule has 0 saturated carbocycles. The van der Waals surface area contributed by atoms with Gasteiger partial charge in [0.2, 0.25) is 0 Å². The molecule has 0 amide bonds. The fraction of sp³-hybridized carbons (Fsp3) is 0.296. The maximum absolute atomic E-state index is 9.10. The van der Waals surface area contributed by atoms with Gasteiger partial charge in [0.1, 0.15) is 11.8 Å². The van der Waals surface area contributed by atoms with Crippen molar-refractivity contribution in [3.05, 3.63) is 83.6 Å². The Balaban J connectivity index is 1.47. The summed E-state index contributed by atoms with van der Waals surface area (Å²) in [7, 11) is 0. The van der Waals surface area contributed by atoms with E-state index in [0.717, 1.165) is 60.1 Å². The lowest BCUT2D eigenvalue weighted by Crippen LogP contribution is -2.00. The van der Waals surface area contributed by atoms with Crippen LogP contribution in [-0.2, 0) is 12.8 Å². The molecule has 3 heterocycles. The summed E-state index contributed by atoms with van der Waals surface area (Å²) in [5, 5.41) is 9.10. The number of fused-ring (bicyclic) bond motifs is 1. The van der Waals surface area contributed by atoms with Crippen molar-refractivity contribution in [3.8, 4) is 5.69 Å². The van der Waals surface area contributed by atoms with Gasteiger partial charge in [0, 0.05) is 24.7 Å². The highest BCUT2D eigenvalue weighted by atomic mass is 16.2. The maximum atomic E-state index is 9.10. The average Bonchev–Trinajstić information content (AvgIpc) is 3.26. The van der Waals surface area contributed by atoms with E-state index in [9.17, 15) is 0 Å². The number of hydrogen-bond acceptors (Lipinski definition) is 5. The van der Waals surface area contributed by atoms with Gasteiger partial charge in [-0.1, -0.05) is 49.3 Å². The molecule has 6 nitrogen and oxygen atoms in total. The van der Waals surface area contributed by atoms with Crippen molar-refractivity contribution in [1.82, 2.24) is 19.5 Å². The zero-order chi connectivity index (χ0) is 23.0. The first-order valence-corrected chi connectivity index (χ1v) is 11.6. The lowest BCUT2D eigenvalue weighted by molar-refractivity contribution is 0.299. The summed E-state index contributed by atoms with van der Waals surface area (Å²) in [5.41, 5.74) is 13.7. The number of rotatable bonds is 10. The normalized spacial score (nSPS) is 11.9. The van der Waals surface area contributed by atoms with Crippen LogP contribution in [0.4, 0.5) is 5.82 Å². The van der Waals surface area contributed by atoms with E-state index in [1.807, 2.05) is 16.7 Å². The van der Waals surface area contributed by atoms with Gasteiger partial charge in [-0.25, -0.2) is 9.97 Å². The zero-order valence-corrected chi connectivity index (χ0v) is 19.1. The van der Waals surface area contributed by atoms with E-state index >= 15 is 0 Å². The highest BCUT2D eigenvalue weighted by Gasteiger charge is 2.11. The summed E-state index contributed by atoms with van der Waals surface area (Å²) in [6.45, 7) is 2.40. The Morgan fingerprint density at radius 2 is 1.85 bits per heavy atom. The summed E-state index contributed by atoms with van der Waals surface area (Å²) >= 11 is 0. The highest BCUT2D eigenvalue weighted by Crippen LogP contribution is 2.24. The van der Waals surface area contributed by atoms with Crippen LogP contribution in [0.3, 0.4) is 0 Å². The van der Waals surface area contributed by atoms with Crippen LogP contribution in [0.25, 0.3) is 22.8 Å². The van der Waals surface area contributed by atoms with Crippen molar-refractivity contribution in [1.29, 1.82) is 0 Å². The van der Waals surface area contributed by atoms with Crippen LogP contribution in [0.2, 0.25) is 0 Å². The number of aryl methyl sites for hydroxylation is 1. The molecule has 33 heavy (non-hydrogen) atoms. The molecule has 0 saturated heterocycles. The Bertz CT molecular complexity index is 1210. The highest BCUT2D eigenvalue weighted by molar-refractivity contribution is 5.86. The number of hydrogen-bond donors (Lipinski definition) is 2. The van der Waals surface area contributed by atoms with Crippen LogP contribution in [-0.4, -0.2) is 31.2 Å². The van der Waals surface area contributed by atoms with Gasteiger partial charge in [-0.3, -0.25) is 9.55 Å². The standard InChI is InChI=1S/C27H31N5O/c1-2-4-21(17-22-9-7-20(8-10-22)13-16-33)5-3-6-23-18-25-26(27(28)31-23)30-19-32(25)24-11-14-29-15-12-24/h7-12,14-15,17-19,33H,2-6,13,16H2,1H3,(H2,28,31)/b21-17-. The van der Waals surface area contributed by atoms with Crippen LogP contribution in [0.15, 0.2) is 66.8 Å². The van der Waals surface area contributed by atoms with Crippen molar-refractivity contribution in [2.75, 3.05) is 12.3 Å². The monoisotopic (exact) mass is 441 g/mol. The number of nitrogens with two attached hydrogens (primary N) is 1. The zero-order valence-electron chi connectivity index (χ0n) is 19.1. The summed E-state index contributed by atoms with van der Waals surface area (Å²) in [5.74, 6) is 0.475. The SMILES string of the molecule is CCC/C(=C/c1ccc(CCO)cc1)CCCc1cc2c(ncn2-c2ccncc2)c(N)n1. The van der Waals surface area contributed by atoms with Crippen LogP contribution in [0.5, 0.6) is 0 Å². The first-order valence-electron chi connectivity index (χ1n) is 11.6. The molecule has 6 heteroatoms. The predicted octanol–water partition coefficient (Wildman–Crippen LogP) is 5.14. The largest absolute Gasteiger partial charge is 0.396 e. The van der Waals surface area contributed by atoms with E-state index in [4.69, 9.17) is 10.8 Å². The van der Waals surface area contributed by atoms with Crippen LogP contribution >= 0.6 is 0 Å². The number of aliphatic hydroxyl groups excluding tert-OH is 1. The molecule has 0 unspecified atom stereocenters. The predicted molar refractivity (Wildman–Crippen MR) is 134 cm³/mol. The van der Waals surface area contributed by atoms with Crippen LogP contribution in [0, 0.1) is 0 Å². The van der Waals surface area contributed by atoms with Gasteiger partial charge in [0.15, 0.2) is 5.82 Å². The van der Waals surface area contributed by atoms with Crippen molar-refractivity contribution in [2.24, 2.45) is 0 Å². The molecule has 4 rings (SSSR count). The second kappa shape index (κ2) is 10.9. The molecule has 3 N–H and O–H groups in total. The fourth-order valence-corrected chi connectivity index (χ4v) is 4.16. The molecule has 3 aromatic heterocycles. The third-order valence-corrected chi connectivity index (χ3v) is 5.81. The van der Waals surface area contributed by atoms with Crippen LogP contribution < -0.4 is 5.73 Å². The fourth-order valence-electron chi connectivity index (χ4n) is 4.16. The molecule has 0 radical (unpaired) electrons. The van der Waals surface area contributed by atoms with E-state index in [1.54, 1.807) is 18.7 Å². The van der Waals surface area contributed by atoms with E-state index in [2.05, 4.69) is 58.3 Å². The van der Waals surface area contributed by atoms with Crippen molar-refractivity contribution >= 4 is 22.9 Å². The van der Waals surface area contributed by atoms with Gasteiger partial charge in [-0.2, -0.15) is 0 Å². The Morgan fingerprint density at radius 3 is 2.58 bits per heavy atom. The summed E-state index contributed by atoms with van der Waals surface area (Å²) < 4.78 is 2.03. The number of imidazole rings is 1. The molecule has 0 fully saturated rings. The number of aliphatic hydroxyl groups is 1. The van der Waals surface area contributed by atoms with Crippen LogP contribution in [0.1, 0.15) is 49.4 Å². The number of pyridine rings is 2. The van der Waals surface area contributed by atoms with Gasteiger partial charge in [-0.05, 0) is 61.4 Å².